The number of sulfonamides is 1. The zero-order valence-corrected chi connectivity index (χ0v) is 19.5. The number of allylic oxidation sites excluding steroid dienone is 2. The van der Waals surface area contributed by atoms with Gasteiger partial charge < -0.3 is 19.5 Å². The van der Waals surface area contributed by atoms with E-state index in [-0.39, 0.29) is 24.9 Å². The van der Waals surface area contributed by atoms with Gasteiger partial charge in [-0.05, 0) is 30.7 Å². The van der Waals surface area contributed by atoms with Crippen molar-refractivity contribution >= 4 is 27.5 Å². The van der Waals surface area contributed by atoms with Crippen molar-refractivity contribution in [1.29, 1.82) is 0 Å². The first-order valence-corrected chi connectivity index (χ1v) is 12.6. The van der Waals surface area contributed by atoms with Crippen LogP contribution in [0.2, 0.25) is 0 Å². The monoisotopic (exact) mass is 484 g/mol. The van der Waals surface area contributed by atoms with Gasteiger partial charge in [0, 0.05) is 24.0 Å². The molecule has 0 bridgehead atoms. The van der Waals surface area contributed by atoms with Crippen LogP contribution in [-0.2, 0) is 19.6 Å². The summed E-state index contributed by atoms with van der Waals surface area (Å²) in [5, 5.41) is 7.03. The number of rotatable bonds is 5. The number of aliphatic imine (C=N–C) groups is 1. The summed E-state index contributed by atoms with van der Waals surface area (Å²) in [7, 11) is -3.47. The van der Waals surface area contributed by atoms with Crippen LogP contribution < -0.4 is 5.32 Å². The lowest BCUT2D eigenvalue weighted by atomic mass is 10.1. The van der Waals surface area contributed by atoms with Crippen LogP contribution in [0.3, 0.4) is 0 Å². The number of hydrogen-bond donors (Lipinski definition) is 1. The molecule has 0 aliphatic carbocycles. The summed E-state index contributed by atoms with van der Waals surface area (Å²) in [4.78, 5) is 23.7. The number of amides is 1. The molecule has 1 unspecified atom stereocenters. The van der Waals surface area contributed by atoms with Crippen LogP contribution in [-0.4, -0.2) is 78.1 Å². The second kappa shape index (κ2) is 8.78. The summed E-state index contributed by atoms with van der Waals surface area (Å²) in [5.41, 5.74) is 2.12. The first-order valence-electron chi connectivity index (χ1n) is 10.8. The Morgan fingerprint density at radius 3 is 2.94 bits per heavy atom. The molecule has 0 radical (unpaired) electrons. The molecule has 12 heteroatoms. The highest BCUT2D eigenvalue weighted by atomic mass is 32.2. The van der Waals surface area contributed by atoms with Gasteiger partial charge in [0.25, 0.3) is 0 Å². The number of hydrogen-bond acceptors (Lipinski definition) is 9. The Morgan fingerprint density at radius 1 is 1.26 bits per heavy atom. The highest BCUT2D eigenvalue weighted by molar-refractivity contribution is 7.88. The molecule has 3 aliphatic heterocycles. The third-order valence-electron chi connectivity index (χ3n) is 5.92. The summed E-state index contributed by atoms with van der Waals surface area (Å²) in [6, 6.07) is 4.34. The molecule has 34 heavy (non-hydrogen) atoms. The molecule has 3 aliphatic rings. The van der Waals surface area contributed by atoms with Gasteiger partial charge in [-0.15, -0.1) is 0 Å². The molecule has 11 nitrogen and oxygen atoms in total. The third-order valence-corrected chi connectivity index (χ3v) is 7.21. The minimum absolute atomic E-state index is 0.134. The van der Waals surface area contributed by atoms with Crippen molar-refractivity contribution in [3.63, 3.8) is 0 Å². The molecule has 2 aromatic rings. The van der Waals surface area contributed by atoms with Gasteiger partial charge in [-0.1, -0.05) is 23.4 Å². The van der Waals surface area contributed by atoms with Gasteiger partial charge in [-0.3, -0.25) is 9.79 Å². The molecule has 178 valence electrons. The number of anilines is 1. The fourth-order valence-corrected chi connectivity index (χ4v) is 5.12. The summed E-state index contributed by atoms with van der Waals surface area (Å²) in [5.74, 6) is 1.05. The number of carbonyl (C=O) groups is 1. The predicted octanol–water partition coefficient (Wildman–Crippen LogP) is 1.48. The standard InChI is InChI=1S/C22H24N6O5S/c1-14-6-7-15(11-16(14)24-21(29)17-12-23-19-5-3-4-8-27(17)19)20-25-22(33-26-20)18-13-32-10-9-28(18)34(2,30)31/h3-8,11,17-18H,9-10,12-13H2,1-2H3,(H,24,29)/t17?,18-/m0/s1. The molecule has 1 aromatic carbocycles. The number of aromatic nitrogens is 2. The highest BCUT2D eigenvalue weighted by Crippen LogP contribution is 2.29. The third kappa shape index (κ3) is 4.27. The maximum atomic E-state index is 13.0. The van der Waals surface area contributed by atoms with E-state index < -0.39 is 22.1 Å². The molecule has 1 fully saturated rings. The minimum Gasteiger partial charge on any atom is -0.378 e. The molecule has 1 aromatic heterocycles. The van der Waals surface area contributed by atoms with Gasteiger partial charge in [0.2, 0.25) is 27.6 Å². The number of nitrogens with zero attached hydrogens (tertiary/aromatic N) is 5. The van der Waals surface area contributed by atoms with Crippen molar-refractivity contribution in [2.24, 2.45) is 4.99 Å². The number of carbonyl (C=O) groups excluding carboxylic acids is 1. The molecule has 0 spiro atoms. The number of nitrogens with one attached hydrogen (secondary N) is 1. The van der Waals surface area contributed by atoms with E-state index in [4.69, 9.17) is 9.26 Å². The molecular weight excluding hydrogens is 460 g/mol. The molecule has 4 heterocycles. The summed E-state index contributed by atoms with van der Waals surface area (Å²) < 4.78 is 36.4. The van der Waals surface area contributed by atoms with Crippen molar-refractivity contribution < 1.29 is 22.5 Å². The fourth-order valence-electron chi connectivity index (χ4n) is 4.10. The van der Waals surface area contributed by atoms with Gasteiger partial charge in [0.05, 0.1) is 26.0 Å². The average molecular weight is 485 g/mol. The van der Waals surface area contributed by atoms with Gasteiger partial charge in [0.15, 0.2) is 0 Å². The van der Waals surface area contributed by atoms with Gasteiger partial charge in [0.1, 0.15) is 17.9 Å². The summed E-state index contributed by atoms with van der Waals surface area (Å²) in [6.45, 7) is 2.93. The van der Waals surface area contributed by atoms with Crippen LogP contribution >= 0.6 is 0 Å². The summed E-state index contributed by atoms with van der Waals surface area (Å²) in [6.07, 6.45) is 8.61. The Bertz CT molecular complexity index is 1310. The Balaban J connectivity index is 1.35. The molecular formula is C22H24N6O5S. The number of aryl methyl sites for hydroxylation is 1. The van der Waals surface area contributed by atoms with Crippen molar-refractivity contribution in [3.8, 4) is 11.4 Å². The Kier molecular flexibility index (Phi) is 5.80. The number of fused-ring (bicyclic) bond motifs is 1. The molecule has 1 N–H and O–H groups in total. The number of amidine groups is 1. The molecule has 0 saturated carbocycles. The van der Waals surface area contributed by atoms with E-state index in [1.807, 2.05) is 48.4 Å². The first kappa shape index (κ1) is 22.4. The highest BCUT2D eigenvalue weighted by Gasteiger charge is 2.35. The normalized spacial score (nSPS) is 22.5. The fraction of sp³-hybridized carbons (Fsp3) is 0.364. The summed E-state index contributed by atoms with van der Waals surface area (Å²) >= 11 is 0. The Morgan fingerprint density at radius 2 is 2.12 bits per heavy atom. The lowest BCUT2D eigenvalue weighted by Crippen LogP contribution is -2.42. The second-order valence-corrected chi connectivity index (χ2v) is 10.2. The van der Waals surface area contributed by atoms with E-state index in [1.165, 1.54) is 4.31 Å². The minimum atomic E-state index is -3.47. The van der Waals surface area contributed by atoms with Crippen LogP contribution in [0.25, 0.3) is 11.4 Å². The van der Waals surface area contributed by atoms with E-state index in [2.05, 4.69) is 20.4 Å². The van der Waals surface area contributed by atoms with E-state index in [9.17, 15) is 13.2 Å². The van der Waals surface area contributed by atoms with Crippen LogP contribution in [0, 0.1) is 6.92 Å². The van der Waals surface area contributed by atoms with E-state index >= 15 is 0 Å². The number of morpholine rings is 1. The topological polar surface area (TPSA) is 130 Å². The van der Waals surface area contributed by atoms with E-state index in [1.54, 1.807) is 6.07 Å². The van der Waals surface area contributed by atoms with Gasteiger partial charge in [-0.2, -0.15) is 9.29 Å². The van der Waals surface area contributed by atoms with Gasteiger partial charge >= 0.3 is 0 Å². The van der Waals surface area contributed by atoms with Crippen molar-refractivity contribution in [3.05, 3.63) is 54.1 Å². The Hall–Kier alpha value is -3.35. The van der Waals surface area contributed by atoms with Gasteiger partial charge in [-0.25, -0.2) is 8.42 Å². The largest absolute Gasteiger partial charge is 0.378 e. The quantitative estimate of drug-likeness (QED) is 0.675. The molecule has 1 saturated heterocycles. The zero-order chi connectivity index (χ0) is 23.9. The maximum absolute atomic E-state index is 13.0. The average Bonchev–Trinajstić information content (AvgIpc) is 3.48. The molecule has 2 atom stereocenters. The Labute approximate surface area is 196 Å². The molecule has 1 amide bonds. The zero-order valence-electron chi connectivity index (χ0n) is 18.7. The predicted molar refractivity (Wildman–Crippen MR) is 124 cm³/mol. The van der Waals surface area contributed by atoms with Crippen LogP contribution in [0.15, 0.2) is 52.1 Å². The lowest BCUT2D eigenvalue weighted by molar-refractivity contribution is -0.118. The van der Waals surface area contributed by atoms with Crippen molar-refractivity contribution in [2.75, 3.05) is 37.9 Å². The molecule has 5 rings (SSSR count). The lowest BCUT2D eigenvalue weighted by Gasteiger charge is -2.30. The van der Waals surface area contributed by atoms with E-state index in [0.29, 0.717) is 30.2 Å². The van der Waals surface area contributed by atoms with E-state index in [0.717, 1.165) is 17.7 Å². The van der Waals surface area contributed by atoms with Crippen molar-refractivity contribution in [2.45, 2.75) is 19.0 Å². The smallest absolute Gasteiger partial charge is 0.249 e. The van der Waals surface area contributed by atoms with Crippen molar-refractivity contribution in [1.82, 2.24) is 19.3 Å². The number of ether oxygens (including phenoxy) is 1. The maximum Gasteiger partial charge on any atom is 0.249 e. The second-order valence-electron chi connectivity index (χ2n) is 8.26. The first-order chi connectivity index (χ1) is 16.3. The SMILES string of the molecule is Cc1ccc(-c2noc([C@@H]3COCCN3S(C)(=O)=O)n2)cc1NC(=O)C1CN=C2C=CC=CN21. The van der Waals surface area contributed by atoms with Crippen LogP contribution in [0.1, 0.15) is 17.5 Å². The van der Waals surface area contributed by atoms with Crippen LogP contribution in [0.5, 0.6) is 0 Å². The van der Waals surface area contributed by atoms with Crippen LogP contribution in [0.4, 0.5) is 5.69 Å². The number of benzene rings is 1.